The number of rotatable bonds is 8. The van der Waals surface area contributed by atoms with Crippen LogP contribution in [0, 0.1) is 6.92 Å². The number of nitrogens with zero attached hydrogens (tertiary/aromatic N) is 3. The lowest BCUT2D eigenvalue weighted by molar-refractivity contribution is -0.121. The van der Waals surface area contributed by atoms with Crippen LogP contribution in [0.4, 0.5) is 11.5 Å². The first-order valence-corrected chi connectivity index (χ1v) is 12.1. The number of carbonyl (C=O) groups excluding carboxylic acids is 1. The number of hydrogen-bond acceptors (Lipinski definition) is 8. The first kappa shape index (κ1) is 24.9. The Kier molecular flexibility index (Phi) is 7.30. The van der Waals surface area contributed by atoms with Crippen molar-refractivity contribution < 1.29 is 4.79 Å². The van der Waals surface area contributed by atoms with E-state index in [1.165, 1.54) is 4.57 Å². The van der Waals surface area contributed by atoms with Crippen LogP contribution in [0.1, 0.15) is 25.0 Å². The molecule has 4 aromatic rings. The highest BCUT2D eigenvalue weighted by atomic mass is 32.1. The predicted molar refractivity (Wildman–Crippen MR) is 142 cm³/mol. The van der Waals surface area contributed by atoms with Gasteiger partial charge in [0, 0.05) is 40.9 Å². The zero-order valence-corrected chi connectivity index (χ0v) is 21.0. The number of nitrogens with two attached hydrogens (primary N) is 1. The number of H-pyrrole nitrogens is 1. The molecule has 0 atom stereocenters. The first-order valence-electron chi connectivity index (χ1n) is 11.4. The second-order valence-corrected chi connectivity index (χ2v) is 9.47. The molecule has 4 rings (SSSR count). The van der Waals surface area contributed by atoms with Crippen molar-refractivity contribution in [3.63, 3.8) is 0 Å². The monoisotopic (exact) mass is 505 g/mol. The smallest absolute Gasteiger partial charge is 0.323 e. The number of aromatic amines is 1. The van der Waals surface area contributed by atoms with Crippen molar-refractivity contribution in [2.45, 2.75) is 39.9 Å². The second-order valence-electron chi connectivity index (χ2n) is 8.73. The van der Waals surface area contributed by atoms with E-state index in [1.807, 2.05) is 57.2 Å². The van der Waals surface area contributed by atoms with Crippen LogP contribution in [0.15, 0.2) is 58.3 Å². The Bertz CT molecular complexity index is 1480. The summed E-state index contributed by atoms with van der Waals surface area (Å²) < 4.78 is 5.47. The summed E-state index contributed by atoms with van der Waals surface area (Å²) in [5, 5.41) is 5.90. The largest absolute Gasteiger partial charge is 0.399 e. The fraction of sp³-hybridized carbons (Fsp3) is 0.240. The zero-order chi connectivity index (χ0) is 25.8. The SMILES string of the molecule is Cc1cc(N)cc(-c2cnc(NC(C)C)c(=O)n2CC(=O)NCc2ccc(-c3nsc(=O)[nH]3)cc2)c1. The summed E-state index contributed by atoms with van der Waals surface area (Å²) in [6, 6.07) is 12.8. The van der Waals surface area contributed by atoms with E-state index in [4.69, 9.17) is 5.73 Å². The van der Waals surface area contributed by atoms with Crippen LogP contribution in [0.5, 0.6) is 0 Å². The molecule has 186 valence electrons. The minimum Gasteiger partial charge on any atom is -0.399 e. The van der Waals surface area contributed by atoms with Gasteiger partial charge in [0.15, 0.2) is 11.6 Å². The van der Waals surface area contributed by atoms with Crippen LogP contribution in [-0.4, -0.2) is 30.9 Å². The number of benzene rings is 2. The molecular weight excluding hydrogens is 478 g/mol. The highest BCUT2D eigenvalue weighted by Crippen LogP contribution is 2.23. The first-order chi connectivity index (χ1) is 17.2. The van der Waals surface area contributed by atoms with Crippen molar-refractivity contribution >= 4 is 28.9 Å². The van der Waals surface area contributed by atoms with Gasteiger partial charge < -0.3 is 16.4 Å². The molecule has 0 fully saturated rings. The number of carbonyl (C=O) groups is 1. The van der Waals surface area contributed by atoms with Crippen LogP contribution in [0.3, 0.4) is 0 Å². The number of amides is 1. The van der Waals surface area contributed by atoms with Crippen molar-refractivity contribution in [2.24, 2.45) is 0 Å². The molecule has 0 radical (unpaired) electrons. The summed E-state index contributed by atoms with van der Waals surface area (Å²) in [5.74, 6) is 0.360. The minimum absolute atomic E-state index is 0.00183. The zero-order valence-electron chi connectivity index (χ0n) is 20.2. The maximum atomic E-state index is 13.2. The van der Waals surface area contributed by atoms with E-state index in [1.54, 1.807) is 12.3 Å². The third-order valence-electron chi connectivity index (χ3n) is 5.33. The Morgan fingerprint density at radius 3 is 2.53 bits per heavy atom. The second kappa shape index (κ2) is 10.6. The fourth-order valence-electron chi connectivity index (χ4n) is 3.74. The Hall–Kier alpha value is -4.25. The molecule has 2 aromatic carbocycles. The van der Waals surface area contributed by atoms with Gasteiger partial charge in [-0.15, -0.1) is 0 Å². The number of aromatic nitrogens is 4. The number of aryl methyl sites for hydroxylation is 1. The maximum absolute atomic E-state index is 13.2. The number of anilines is 2. The molecule has 2 heterocycles. The molecule has 0 aliphatic heterocycles. The summed E-state index contributed by atoms with van der Waals surface area (Å²) in [4.78, 5) is 44.2. The normalized spacial score (nSPS) is 11.0. The summed E-state index contributed by atoms with van der Waals surface area (Å²) in [5.41, 5.74) is 9.97. The van der Waals surface area contributed by atoms with Gasteiger partial charge in [-0.05, 0) is 50.1 Å². The number of hydrogen-bond donors (Lipinski definition) is 4. The summed E-state index contributed by atoms with van der Waals surface area (Å²) in [7, 11) is 0. The molecule has 2 aromatic heterocycles. The average Bonchev–Trinajstić information content (AvgIpc) is 3.26. The van der Waals surface area contributed by atoms with Gasteiger partial charge in [-0.2, -0.15) is 4.37 Å². The Balaban J connectivity index is 1.54. The third-order valence-corrected chi connectivity index (χ3v) is 5.88. The van der Waals surface area contributed by atoms with Gasteiger partial charge in [-0.25, -0.2) is 4.98 Å². The van der Waals surface area contributed by atoms with E-state index >= 15 is 0 Å². The molecule has 0 aliphatic carbocycles. The Morgan fingerprint density at radius 1 is 1.14 bits per heavy atom. The van der Waals surface area contributed by atoms with Gasteiger partial charge >= 0.3 is 4.87 Å². The van der Waals surface area contributed by atoms with Crippen LogP contribution in [0.25, 0.3) is 22.6 Å². The number of nitrogen functional groups attached to an aromatic ring is 1. The van der Waals surface area contributed by atoms with Crippen molar-refractivity contribution in [3.05, 3.63) is 79.8 Å². The summed E-state index contributed by atoms with van der Waals surface area (Å²) in [6.07, 6.45) is 1.58. The van der Waals surface area contributed by atoms with Gasteiger partial charge in [-0.1, -0.05) is 24.3 Å². The molecule has 10 nitrogen and oxygen atoms in total. The van der Waals surface area contributed by atoms with E-state index in [9.17, 15) is 14.4 Å². The standard InChI is InChI=1S/C25H27N7O3S/c1-14(2)29-23-24(34)32(20(12-28-23)18-8-15(3)9-19(26)10-18)13-21(33)27-11-16-4-6-17(7-5-16)22-30-25(35)36-31-22/h4-10,12,14H,11,13,26H2,1-3H3,(H,27,33)(H,28,29)(H,30,31,35). The van der Waals surface area contributed by atoms with E-state index in [0.29, 0.717) is 22.8 Å². The van der Waals surface area contributed by atoms with E-state index in [2.05, 4.69) is 25.0 Å². The lowest BCUT2D eigenvalue weighted by Crippen LogP contribution is -2.35. The van der Waals surface area contributed by atoms with E-state index in [-0.39, 0.29) is 35.7 Å². The highest BCUT2D eigenvalue weighted by Gasteiger charge is 2.16. The van der Waals surface area contributed by atoms with Gasteiger partial charge in [0.25, 0.3) is 5.56 Å². The Labute approximate surface area is 211 Å². The fourth-order valence-corrected chi connectivity index (χ4v) is 4.21. The highest BCUT2D eigenvalue weighted by molar-refractivity contribution is 7.03. The topological polar surface area (TPSA) is 148 Å². The molecule has 1 amide bonds. The minimum atomic E-state index is -0.391. The maximum Gasteiger partial charge on any atom is 0.323 e. The van der Waals surface area contributed by atoms with Crippen molar-refractivity contribution in [3.8, 4) is 22.6 Å². The lowest BCUT2D eigenvalue weighted by Gasteiger charge is -2.16. The van der Waals surface area contributed by atoms with Gasteiger partial charge in [-0.3, -0.25) is 23.9 Å². The molecule has 0 aliphatic rings. The van der Waals surface area contributed by atoms with Crippen LogP contribution < -0.4 is 26.8 Å². The summed E-state index contributed by atoms with van der Waals surface area (Å²) in [6.45, 7) is 5.82. The number of nitrogens with one attached hydrogen (secondary N) is 3. The third kappa shape index (κ3) is 5.87. The van der Waals surface area contributed by atoms with Gasteiger partial charge in [0.2, 0.25) is 5.91 Å². The molecule has 0 unspecified atom stereocenters. The molecule has 5 N–H and O–H groups in total. The lowest BCUT2D eigenvalue weighted by atomic mass is 10.1. The molecule has 0 saturated carbocycles. The van der Waals surface area contributed by atoms with E-state index in [0.717, 1.165) is 28.2 Å². The molecule has 0 spiro atoms. The van der Waals surface area contributed by atoms with Gasteiger partial charge in [0.1, 0.15) is 6.54 Å². The van der Waals surface area contributed by atoms with Crippen molar-refractivity contribution in [1.29, 1.82) is 0 Å². The summed E-state index contributed by atoms with van der Waals surface area (Å²) >= 11 is 0.863. The molecule has 0 saturated heterocycles. The van der Waals surface area contributed by atoms with Crippen molar-refractivity contribution in [1.82, 2.24) is 24.2 Å². The van der Waals surface area contributed by atoms with Gasteiger partial charge in [0.05, 0.1) is 11.9 Å². The van der Waals surface area contributed by atoms with Crippen molar-refractivity contribution in [2.75, 3.05) is 11.1 Å². The van der Waals surface area contributed by atoms with Crippen LogP contribution in [-0.2, 0) is 17.9 Å². The molecular formula is C25H27N7O3S. The quantitative estimate of drug-likeness (QED) is 0.269. The molecule has 36 heavy (non-hydrogen) atoms. The Morgan fingerprint density at radius 2 is 1.89 bits per heavy atom. The molecule has 0 bridgehead atoms. The van der Waals surface area contributed by atoms with Crippen LogP contribution in [0.2, 0.25) is 0 Å². The molecule has 11 heteroatoms. The average molecular weight is 506 g/mol. The van der Waals surface area contributed by atoms with Crippen LogP contribution >= 0.6 is 11.5 Å². The predicted octanol–water partition coefficient (Wildman–Crippen LogP) is 2.75. The van der Waals surface area contributed by atoms with E-state index < -0.39 is 5.56 Å².